The minimum Gasteiger partial charge on any atom is -0.486 e. The van der Waals surface area contributed by atoms with Crippen LogP contribution in [-0.4, -0.2) is 0 Å². The normalized spacial score (nSPS) is 12.2. The predicted octanol–water partition coefficient (Wildman–Crippen LogP) is 4.33. The van der Waals surface area contributed by atoms with Crippen molar-refractivity contribution in [2.24, 2.45) is 5.73 Å². The van der Waals surface area contributed by atoms with Gasteiger partial charge in [0.2, 0.25) is 0 Å². The average Bonchev–Trinajstić information content (AvgIpc) is 2.41. The van der Waals surface area contributed by atoms with E-state index >= 15 is 0 Å². The molecule has 0 aromatic heterocycles. The Morgan fingerprint density at radius 1 is 1.20 bits per heavy atom. The quantitative estimate of drug-likeness (QED) is 0.898. The molecule has 1 atom stereocenters. The molecule has 0 radical (unpaired) electrons. The van der Waals surface area contributed by atoms with Gasteiger partial charge in [-0.05, 0) is 46.6 Å². The second-order valence-electron chi connectivity index (χ2n) is 4.48. The van der Waals surface area contributed by atoms with E-state index in [1.807, 2.05) is 0 Å². The van der Waals surface area contributed by atoms with Crippen LogP contribution in [0.2, 0.25) is 0 Å². The number of benzene rings is 2. The molecule has 2 rings (SSSR count). The van der Waals surface area contributed by atoms with Crippen molar-refractivity contribution in [2.75, 3.05) is 0 Å². The van der Waals surface area contributed by atoms with Crippen molar-refractivity contribution in [3.8, 4) is 5.75 Å². The summed E-state index contributed by atoms with van der Waals surface area (Å²) in [6.45, 7) is 1.85. The Bertz CT molecular complexity index is 617. The Hall–Kier alpha value is -1.46. The predicted molar refractivity (Wildman–Crippen MR) is 77.4 cm³/mol. The fourth-order valence-electron chi connectivity index (χ4n) is 1.73. The van der Waals surface area contributed by atoms with Gasteiger partial charge in [-0.1, -0.05) is 18.2 Å². The summed E-state index contributed by atoms with van der Waals surface area (Å²) in [7, 11) is 0. The number of hydrogen-bond acceptors (Lipinski definition) is 2. The largest absolute Gasteiger partial charge is 0.486 e. The zero-order valence-corrected chi connectivity index (χ0v) is 12.5. The van der Waals surface area contributed by atoms with E-state index in [0.717, 1.165) is 0 Å². The molecule has 0 aliphatic carbocycles. The summed E-state index contributed by atoms with van der Waals surface area (Å²) in [5, 5.41) is 0. The molecule has 20 heavy (non-hydrogen) atoms. The van der Waals surface area contributed by atoms with Crippen molar-refractivity contribution in [3.05, 3.63) is 63.6 Å². The standard InChI is InChI=1S/C15H14BrF2NO/c1-9(19)10-5-6-14(13(18)7-10)20-8-11-3-2-4-12(17)15(11)16/h2-7,9H,8,19H2,1H3/t9-/m0/s1. The van der Waals surface area contributed by atoms with Gasteiger partial charge in [0.05, 0.1) is 4.47 Å². The van der Waals surface area contributed by atoms with Crippen LogP contribution in [0, 0.1) is 11.6 Å². The third kappa shape index (κ3) is 3.35. The van der Waals surface area contributed by atoms with Crippen LogP contribution < -0.4 is 10.5 Å². The molecular weight excluding hydrogens is 328 g/mol. The lowest BCUT2D eigenvalue weighted by atomic mass is 10.1. The van der Waals surface area contributed by atoms with Gasteiger partial charge >= 0.3 is 0 Å². The molecule has 0 saturated heterocycles. The molecule has 2 aromatic rings. The molecule has 0 fully saturated rings. The van der Waals surface area contributed by atoms with Gasteiger partial charge in [-0.2, -0.15) is 0 Å². The molecule has 0 heterocycles. The summed E-state index contributed by atoms with van der Waals surface area (Å²) in [4.78, 5) is 0. The highest BCUT2D eigenvalue weighted by molar-refractivity contribution is 9.10. The second kappa shape index (κ2) is 6.33. The SMILES string of the molecule is C[C@H](N)c1ccc(OCc2cccc(F)c2Br)c(F)c1. The van der Waals surface area contributed by atoms with E-state index in [4.69, 9.17) is 10.5 Å². The van der Waals surface area contributed by atoms with Crippen LogP contribution in [-0.2, 0) is 6.61 Å². The first-order chi connectivity index (χ1) is 9.49. The molecule has 0 aliphatic rings. The van der Waals surface area contributed by atoms with Crippen molar-refractivity contribution in [1.29, 1.82) is 0 Å². The molecule has 0 saturated carbocycles. The van der Waals surface area contributed by atoms with E-state index in [9.17, 15) is 8.78 Å². The molecule has 0 unspecified atom stereocenters. The van der Waals surface area contributed by atoms with Gasteiger partial charge in [0.25, 0.3) is 0 Å². The van der Waals surface area contributed by atoms with Gasteiger partial charge in [-0.15, -0.1) is 0 Å². The van der Waals surface area contributed by atoms with Crippen molar-refractivity contribution in [3.63, 3.8) is 0 Å². The van der Waals surface area contributed by atoms with Crippen molar-refractivity contribution in [1.82, 2.24) is 0 Å². The van der Waals surface area contributed by atoms with E-state index in [0.29, 0.717) is 15.6 Å². The summed E-state index contributed by atoms with van der Waals surface area (Å²) >= 11 is 3.14. The van der Waals surface area contributed by atoms with Gasteiger partial charge in [0.1, 0.15) is 12.4 Å². The van der Waals surface area contributed by atoms with Crippen LogP contribution in [0.5, 0.6) is 5.75 Å². The lowest BCUT2D eigenvalue weighted by Gasteiger charge is -2.11. The van der Waals surface area contributed by atoms with E-state index in [2.05, 4.69) is 15.9 Å². The highest BCUT2D eigenvalue weighted by Crippen LogP contribution is 2.25. The molecular formula is C15H14BrF2NO. The molecule has 106 valence electrons. The first-order valence-electron chi connectivity index (χ1n) is 6.09. The lowest BCUT2D eigenvalue weighted by molar-refractivity contribution is 0.288. The maximum Gasteiger partial charge on any atom is 0.165 e. The third-order valence-electron chi connectivity index (χ3n) is 2.90. The maximum absolute atomic E-state index is 13.8. The molecule has 2 nitrogen and oxygen atoms in total. The highest BCUT2D eigenvalue weighted by Gasteiger charge is 2.10. The molecule has 0 aliphatic heterocycles. The summed E-state index contributed by atoms with van der Waals surface area (Å²) < 4.78 is 32.9. The Labute approximate surface area is 124 Å². The zero-order valence-electron chi connectivity index (χ0n) is 10.9. The summed E-state index contributed by atoms with van der Waals surface area (Å²) in [5.74, 6) is -0.739. The summed E-state index contributed by atoms with van der Waals surface area (Å²) in [6, 6.07) is 8.98. The summed E-state index contributed by atoms with van der Waals surface area (Å²) in [5.41, 5.74) is 6.99. The van der Waals surface area contributed by atoms with Gasteiger partial charge < -0.3 is 10.5 Å². The smallest absolute Gasteiger partial charge is 0.165 e. The van der Waals surface area contributed by atoms with Crippen molar-refractivity contribution >= 4 is 15.9 Å². The number of rotatable bonds is 4. The molecule has 2 N–H and O–H groups in total. The van der Waals surface area contributed by atoms with E-state index < -0.39 is 5.82 Å². The van der Waals surface area contributed by atoms with E-state index in [1.165, 1.54) is 18.2 Å². The Morgan fingerprint density at radius 3 is 2.60 bits per heavy atom. The van der Waals surface area contributed by atoms with E-state index in [-0.39, 0.29) is 24.2 Å². The monoisotopic (exact) mass is 341 g/mol. The first kappa shape index (κ1) is 14.9. The van der Waals surface area contributed by atoms with Gasteiger partial charge in [-0.3, -0.25) is 0 Å². The Kier molecular flexibility index (Phi) is 4.73. The van der Waals surface area contributed by atoms with Crippen molar-refractivity contribution in [2.45, 2.75) is 19.6 Å². The van der Waals surface area contributed by atoms with Crippen LogP contribution in [0.4, 0.5) is 8.78 Å². The molecule has 0 amide bonds. The number of nitrogens with two attached hydrogens (primary N) is 1. The molecule has 2 aromatic carbocycles. The molecule has 5 heteroatoms. The Morgan fingerprint density at radius 2 is 1.95 bits per heavy atom. The molecule has 0 spiro atoms. The number of halogens is 3. The maximum atomic E-state index is 13.8. The summed E-state index contributed by atoms with van der Waals surface area (Å²) in [6.07, 6.45) is 0. The van der Waals surface area contributed by atoms with Crippen LogP contribution in [0.1, 0.15) is 24.1 Å². The second-order valence-corrected chi connectivity index (χ2v) is 5.27. The number of hydrogen-bond donors (Lipinski definition) is 1. The van der Waals surface area contributed by atoms with Gasteiger partial charge in [0, 0.05) is 11.6 Å². The van der Waals surface area contributed by atoms with Crippen LogP contribution in [0.3, 0.4) is 0 Å². The van der Waals surface area contributed by atoms with Crippen LogP contribution in [0.25, 0.3) is 0 Å². The zero-order chi connectivity index (χ0) is 14.7. The Balaban J connectivity index is 2.13. The highest BCUT2D eigenvalue weighted by atomic mass is 79.9. The average molecular weight is 342 g/mol. The minimum atomic E-state index is -0.479. The van der Waals surface area contributed by atoms with Crippen molar-refractivity contribution < 1.29 is 13.5 Å². The fourth-order valence-corrected chi connectivity index (χ4v) is 2.11. The van der Waals surface area contributed by atoms with Gasteiger partial charge in [-0.25, -0.2) is 8.78 Å². The van der Waals surface area contributed by atoms with Gasteiger partial charge in [0.15, 0.2) is 11.6 Å². The fraction of sp³-hybridized carbons (Fsp3) is 0.200. The minimum absolute atomic E-state index is 0.0762. The molecule has 0 bridgehead atoms. The topological polar surface area (TPSA) is 35.2 Å². The van der Waals surface area contributed by atoms with Crippen LogP contribution >= 0.6 is 15.9 Å². The third-order valence-corrected chi connectivity index (χ3v) is 3.78. The first-order valence-corrected chi connectivity index (χ1v) is 6.89. The van der Waals surface area contributed by atoms with Crippen LogP contribution in [0.15, 0.2) is 40.9 Å². The lowest BCUT2D eigenvalue weighted by Crippen LogP contribution is -2.06. The van der Waals surface area contributed by atoms with E-state index in [1.54, 1.807) is 25.1 Å². The number of ether oxygens (including phenoxy) is 1.